The number of nitro groups is 1. The molecular formula is C19H26N3O6+. The molecule has 3 aliphatic heterocycles. The molecule has 0 saturated carbocycles. The van der Waals surface area contributed by atoms with Crippen molar-refractivity contribution in [3.05, 3.63) is 39.9 Å². The monoisotopic (exact) mass is 392 g/mol. The highest BCUT2D eigenvalue weighted by Gasteiger charge is 2.62. The van der Waals surface area contributed by atoms with Crippen LogP contribution >= 0.6 is 0 Å². The van der Waals surface area contributed by atoms with Crippen molar-refractivity contribution in [1.29, 1.82) is 0 Å². The molecule has 0 bridgehead atoms. The van der Waals surface area contributed by atoms with E-state index in [2.05, 4.69) is 6.92 Å². The Kier molecular flexibility index (Phi) is 4.86. The summed E-state index contributed by atoms with van der Waals surface area (Å²) in [4.78, 5) is 27.2. The maximum Gasteiger partial charge on any atom is 0.296 e. The zero-order valence-corrected chi connectivity index (χ0v) is 15.9. The number of aliphatic hydroxyl groups excluding tert-OH is 1. The fraction of sp³-hybridized carbons (Fsp3) is 0.632. The summed E-state index contributed by atoms with van der Waals surface area (Å²) in [5, 5.41) is 20.9. The maximum absolute atomic E-state index is 13.4. The number of fused-ring (bicyclic) bond motifs is 2. The Morgan fingerprint density at radius 3 is 2.71 bits per heavy atom. The molecular weight excluding hydrogens is 366 g/mol. The molecule has 9 heteroatoms. The van der Waals surface area contributed by atoms with Gasteiger partial charge in [-0.25, -0.2) is 0 Å². The maximum atomic E-state index is 13.4. The lowest BCUT2D eigenvalue weighted by Crippen LogP contribution is -3.15. The van der Waals surface area contributed by atoms with Crippen molar-refractivity contribution < 1.29 is 29.2 Å². The number of hydrogen-bond donors (Lipinski definition) is 2. The van der Waals surface area contributed by atoms with Crippen molar-refractivity contribution in [2.45, 2.75) is 31.1 Å². The van der Waals surface area contributed by atoms with Crippen LogP contribution in [0, 0.1) is 16.0 Å². The summed E-state index contributed by atoms with van der Waals surface area (Å²) in [6.07, 6.45) is 2.33. The van der Waals surface area contributed by atoms with Crippen molar-refractivity contribution in [1.82, 2.24) is 0 Å². The molecule has 3 aliphatic rings. The Morgan fingerprint density at radius 2 is 2.07 bits per heavy atom. The average molecular weight is 392 g/mol. The number of carbonyl (C=O) groups is 1. The van der Waals surface area contributed by atoms with Gasteiger partial charge in [-0.05, 0) is 18.9 Å². The van der Waals surface area contributed by atoms with E-state index < -0.39 is 36.1 Å². The molecule has 1 spiro atoms. The number of para-hydroxylation sites is 1. The number of anilines is 1. The van der Waals surface area contributed by atoms with Gasteiger partial charge in [-0.1, -0.05) is 25.1 Å². The lowest BCUT2D eigenvalue weighted by molar-refractivity contribution is -0.907. The second-order valence-electron chi connectivity index (χ2n) is 8.19. The quantitative estimate of drug-likeness (QED) is 0.529. The summed E-state index contributed by atoms with van der Waals surface area (Å²) in [5.74, 6) is -1.42. The Hall–Kier alpha value is -2.07. The van der Waals surface area contributed by atoms with Gasteiger partial charge in [0.1, 0.15) is 19.8 Å². The minimum atomic E-state index is -1.75. The van der Waals surface area contributed by atoms with E-state index in [1.54, 1.807) is 17.0 Å². The number of hydrogen-bond acceptors (Lipinski definition) is 6. The summed E-state index contributed by atoms with van der Waals surface area (Å²) >= 11 is 0. The van der Waals surface area contributed by atoms with Crippen molar-refractivity contribution in [3.8, 4) is 0 Å². The second kappa shape index (κ2) is 7.07. The highest BCUT2D eigenvalue weighted by molar-refractivity contribution is 6.05. The summed E-state index contributed by atoms with van der Waals surface area (Å²) in [7, 11) is 0. The predicted molar refractivity (Wildman–Crippen MR) is 98.3 cm³/mol. The van der Waals surface area contributed by atoms with Crippen LogP contribution in [0.3, 0.4) is 0 Å². The zero-order valence-electron chi connectivity index (χ0n) is 15.9. The van der Waals surface area contributed by atoms with Crippen LogP contribution in [0.2, 0.25) is 0 Å². The van der Waals surface area contributed by atoms with Crippen LogP contribution in [-0.4, -0.2) is 61.1 Å². The van der Waals surface area contributed by atoms with Crippen LogP contribution < -0.4 is 9.80 Å². The molecule has 1 amide bonds. The number of nitrogens with one attached hydrogen (secondary N) is 1. The number of likely N-dealkylation sites (tertiary alicyclic amines) is 1. The average Bonchev–Trinajstić information content (AvgIpc) is 2.92. The molecule has 1 aromatic carbocycles. The van der Waals surface area contributed by atoms with Gasteiger partial charge in [0.15, 0.2) is 6.67 Å². The van der Waals surface area contributed by atoms with Crippen LogP contribution in [0.5, 0.6) is 0 Å². The molecule has 1 unspecified atom stereocenters. The lowest BCUT2D eigenvalue weighted by atomic mass is 10.00. The number of benzene rings is 1. The van der Waals surface area contributed by atoms with E-state index in [1.165, 1.54) is 11.3 Å². The number of piperidine rings is 1. The Labute approximate surface area is 163 Å². The highest BCUT2D eigenvalue weighted by atomic mass is 16.7. The van der Waals surface area contributed by atoms with Crippen LogP contribution in [0.15, 0.2) is 24.3 Å². The fourth-order valence-electron chi connectivity index (χ4n) is 4.40. The molecule has 0 aliphatic carbocycles. The first-order chi connectivity index (χ1) is 13.4. The fourth-order valence-corrected chi connectivity index (χ4v) is 4.40. The molecule has 1 aromatic rings. The van der Waals surface area contributed by atoms with Gasteiger partial charge in [0.2, 0.25) is 0 Å². The van der Waals surface area contributed by atoms with Gasteiger partial charge >= 0.3 is 0 Å². The van der Waals surface area contributed by atoms with E-state index in [0.29, 0.717) is 18.2 Å². The Morgan fingerprint density at radius 1 is 1.36 bits per heavy atom. The zero-order chi connectivity index (χ0) is 19.9. The molecule has 0 aromatic heterocycles. The minimum absolute atomic E-state index is 0.352. The van der Waals surface area contributed by atoms with E-state index in [4.69, 9.17) is 9.47 Å². The SMILES string of the molecule is C[C@H]1CCC[NH+](CN2C(=O)C3(OCC(CO)([N+](=O)[O-])CO3)c3ccccc32)C1. The van der Waals surface area contributed by atoms with E-state index in [0.717, 1.165) is 25.2 Å². The standard InChI is InChI=1S/C19H25N3O6/c1-14-5-4-8-20(9-14)13-21-16-7-3-2-6-15(16)19(17(21)24)27-11-18(10-23,12-28-19)22(25)26/h2-3,6-7,14,23H,4-5,8-13H2,1H3/p+1/t14-,18?,19?/m0/s1. The smallest absolute Gasteiger partial charge is 0.296 e. The molecule has 3 heterocycles. The van der Waals surface area contributed by atoms with Crippen molar-refractivity contribution in [3.63, 3.8) is 0 Å². The second-order valence-corrected chi connectivity index (χ2v) is 8.19. The van der Waals surface area contributed by atoms with Gasteiger partial charge in [0, 0.05) is 16.4 Å². The molecule has 28 heavy (non-hydrogen) atoms. The number of quaternary nitrogens is 1. The van der Waals surface area contributed by atoms with Gasteiger partial charge in [0.25, 0.3) is 17.2 Å². The predicted octanol–water partition coefficient (Wildman–Crippen LogP) is -0.487. The van der Waals surface area contributed by atoms with Gasteiger partial charge in [-0.15, -0.1) is 0 Å². The Balaban J connectivity index is 1.62. The van der Waals surface area contributed by atoms with E-state index in [1.807, 2.05) is 12.1 Å². The van der Waals surface area contributed by atoms with E-state index in [9.17, 15) is 20.0 Å². The number of nitrogens with zero attached hydrogens (tertiary/aromatic N) is 2. The number of aliphatic hydroxyl groups is 1. The van der Waals surface area contributed by atoms with Gasteiger partial charge in [-0.3, -0.25) is 19.8 Å². The molecule has 2 N–H and O–H groups in total. The van der Waals surface area contributed by atoms with E-state index >= 15 is 0 Å². The summed E-state index contributed by atoms with van der Waals surface area (Å²) in [6, 6.07) is 7.26. The topological polar surface area (TPSA) is 107 Å². The third-order valence-corrected chi connectivity index (χ3v) is 6.09. The molecule has 2 saturated heterocycles. The third kappa shape index (κ3) is 2.89. The molecule has 152 valence electrons. The van der Waals surface area contributed by atoms with Crippen LogP contribution in [0.25, 0.3) is 0 Å². The summed E-state index contributed by atoms with van der Waals surface area (Å²) < 4.78 is 11.5. The summed E-state index contributed by atoms with van der Waals surface area (Å²) in [6.45, 7) is 3.23. The lowest BCUT2D eigenvalue weighted by Gasteiger charge is -2.38. The first-order valence-corrected chi connectivity index (χ1v) is 9.70. The first-order valence-electron chi connectivity index (χ1n) is 9.70. The van der Waals surface area contributed by atoms with Crippen LogP contribution in [0.1, 0.15) is 25.3 Å². The minimum Gasteiger partial charge on any atom is -0.389 e. The highest BCUT2D eigenvalue weighted by Crippen LogP contribution is 2.46. The summed E-state index contributed by atoms with van der Waals surface area (Å²) in [5.41, 5.74) is -0.461. The van der Waals surface area contributed by atoms with Gasteiger partial charge in [0.05, 0.1) is 18.8 Å². The molecule has 9 nitrogen and oxygen atoms in total. The molecule has 4 rings (SSSR count). The third-order valence-electron chi connectivity index (χ3n) is 6.09. The van der Waals surface area contributed by atoms with Crippen molar-refractivity contribution >= 4 is 11.6 Å². The molecule has 2 atom stereocenters. The number of carbonyl (C=O) groups excluding carboxylic acids is 1. The normalized spacial score (nSPS) is 35.2. The van der Waals surface area contributed by atoms with Crippen LogP contribution in [0.4, 0.5) is 5.69 Å². The van der Waals surface area contributed by atoms with Gasteiger partial charge < -0.3 is 19.5 Å². The first kappa shape index (κ1) is 19.3. The van der Waals surface area contributed by atoms with Crippen molar-refractivity contribution in [2.24, 2.45) is 5.92 Å². The van der Waals surface area contributed by atoms with Crippen LogP contribution in [-0.2, 0) is 20.1 Å². The largest absolute Gasteiger partial charge is 0.389 e. The van der Waals surface area contributed by atoms with E-state index in [-0.39, 0.29) is 5.91 Å². The number of ether oxygens (including phenoxy) is 2. The Bertz CT molecular complexity index is 777. The number of amides is 1. The van der Waals surface area contributed by atoms with Crippen molar-refractivity contribution in [2.75, 3.05) is 44.5 Å². The van der Waals surface area contributed by atoms with Gasteiger partial charge in [-0.2, -0.15) is 0 Å². The molecule has 0 radical (unpaired) electrons. The molecule has 2 fully saturated rings. The number of rotatable bonds is 4.